The first-order valence-electron chi connectivity index (χ1n) is 7.82. The summed E-state index contributed by atoms with van der Waals surface area (Å²) < 4.78 is 0. The minimum absolute atomic E-state index is 0.114. The lowest BCUT2D eigenvalue weighted by atomic mass is 9.97. The summed E-state index contributed by atoms with van der Waals surface area (Å²) in [6.07, 6.45) is 8.68. The number of amides is 1. The van der Waals surface area contributed by atoms with Crippen LogP contribution in [-0.2, 0) is 4.79 Å². The maximum Gasteiger partial charge on any atom is 0.253 e. The monoisotopic (exact) mass is 335 g/mol. The lowest BCUT2D eigenvalue weighted by Crippen LogP contribution is -2.40. The van der Waals surface area contributed by atoms with Crippen molar-refractivity contribution in [3.63, 3.8) is 0 Å². The van der Waals surface area contributed by atoms with Gasteiger partial charge in [-0.3, -0.25) is 9.59 Å². The molecule has 23 heavy (non-hydrogen) atoms. The van der Waals surface area contributed by atoms with E-state index in [0.717, 1.165) is 6.42 Å². The number of likely N-dealkylation sites (N-methyl/N-ethyl adjacent to an activating group) is 1. The number of hydrogen-bond donors (Lipinski definition) is 1. The van der Waals surface area contributed by atoms with Gasteiger partial charge in [-0.25, -0.2) is 4.98 Å². The summed E-state index contributed by atoms with van der Waals surface area (Å²) in [7, 11) is 1.86. The zero-order chi connectivity index (χ0) is 16.8. The molecule has 1 aliphatic carbocycles. The minimum atomic E-state index is -0.569. The number of nitrogens with zero attached hydrogens (tertiary/aromatic N) is 2. The van der Waals surface area contributed by atoms with Crippen molar-refractivity contribution < 1.29 is 9.59 Å². The lowest BCUT2D eigenvalue weighted by Gasteiger charge is -2.27. The summed E-state index contributed by atoms with van der Waals surface area (Å²) in [5.41, 5.74) is 0.301. The summed E-state index contributed by atoms with van der Waals surface area (Å²) >= 11 is 5.38. The van der Waals surface area contributed by atoms with Crippen LogP contribution in [0.15, 0.2) is 31.1 Å². The molecule has 1 aliphatic rings. The molecule has 0 aromatic carbocycles. The number of anilines is 1. The number of rotatable bonds is 7. The van der Waals surface area contributed by atoms with E-state index in [9.17, 15) is 9.59 Å². The highest BCUT2D eigenvalue weighted by Crippen LogP contribution is 2.30. The van der Waals surface area contributed by atoms with Crippen LogP contribution in [-0.4, -0.2) is 34.1 Å². The van der Waals surface area contributed by atoms with E-state index < -0.39 is 5.24 Å². The van der Waals surface area contributed by atoms with E-state index in [1.54, 1.807) is 18.3 Å². The largest absolute Gasteiger partial charge is 0.369 e. The van der Waals surface area contributed by atoms with Crippen molar-refractivity contribution in [2.75, 3.05) is 12.4 Å². The molecule has 124 valence electrons. The highest BCUT2D eigenvalue weighted by Gasteiger charge is 2.27. The number of pyridine rings is 1. The molecule has 1 aromatic rings. The van der Waals surface area contributed by atoms with Gasteiger partial charge in [0.05, 0.1) is 5.56 Å². The Morgan fingerprint density at radius 2 is 2.17 bits per heavy atom. The Labute approximate surface area is 141 Å². The topological polar surface area (TPSA) is 62.3 Å². The maximum absolute atomic E-state index is 12.6. The van der Waals surface area contributed by atoms with Gasteiger partial charge in [0.15, 0.2) is 0 Å². The Bertz CT molecular complexity index is 568. The number of aromatic nitrogens is 1. The van der Waals surface area contributed by atoms with Gasteiger partial charge >= 0.3 is 0 Å². The first-order valence-corrected chi connectivity index (χ1v) is 8.20. The second-order valence-electron chi connectivity index (χ2n) is 5.95. The Kier molecular flexibility index (Phi) is 6.16. The third-order valence-corrected chi connectivity index (χ3v) is 4.57. The van der Waals surface area contributed by atoms with E-state index in [-0.39, 0.29) is 11.9 Å². The Morgan fingerprint density at radius 1 is 1.48 bits per heavy atom. The molecule has 6 heteroatoms. The number of halogens is 1. The molecule has 0 bridgehead atoms. The van der Waals surface area contributed by atoms with Gasteiger partial charge in [0, 0.05) is 13.2 Å². The molecular weight excluding hydrogens is 314 g/mol. The van der Waals surface area contributed by atoms with Gasteiger partial charge in [-0.05, 0) is 42.3 Å². The summed E-state index contributed by atoms with van der Waals surface area (Å²) in [6.45, 7) is 3.75. The SMILES string of the molecule is C=CN(C)[C@@H](CC1CCCC1)C(=O)Nc1ccc(C(=O)Cl)cn1. The molecule has 0 saturated heterocycles. The van der Waals surface area contributed by atoms with Crippen LogP contribution in [0.1, 0.15) is 42.5 Å². The fraction of sp³-hybridized carbons (Fsp3) is 0.471. The van der Waals surface area contributed by atoms with Gasteiger partial charge in [-0.15, -0.1) is 0 Å². The molecule has 1 N–H and O–H groups in total. The average molecular weight is 336 g/mol. The lowest BCUT2D eigenvalue weighted by molar-refractivity contribution is -0.120. The highest BCUT2D eigenvalue weighted by atomic mass is 35.5. The van der Waals surface area contributed by atoms with Gasteiger partial charge < -0.3 is 10.2 Å². The smallest absolute Gasteiger partial charge is 0.253 e. The molecule has 1 aromatic heterocycles. The van der Waals surface area contributed by atoms with Crippen LogP contribution in [0.3, 0.4) is 0 Å². The fourth-order valence-electron chi connectivity index (χ4n) is 2.94. The van der Waals surface area contributed by atoms with E-state index >= 15 is 0 Å². The molecule has 1 heterocycles. The average Bonchev–Trinajstić information content (AvgIpc) is 3.05. The van der Waals surface area contributed by atoms with Crippen LogP contribution in [0.5, 0.6) is 0 Å². The van der Waals surface area contributed by atoms with Crippen molar-refractivity contribution in [3.05, 3.63) is 36.7 Å². The van der Waals surface area contributed by atoms with Crippen LogP contribution in [0.25, 0.3) is 0 Å². The van der Waals surface area contributed by atoms with Crippen LogP contribution >= 0.6 is 11.6 Å². The zero-order valence-electron chi connectivity index (χ0n) is 13.3. The van der Waals surface area contributed by atoms with Gasteiger partial charge in [0.2, 0.25) is 5.91 Å². The van der Waals surface area contributed by atoms with E-state index in [1.807, 2.05) is 11.9 Å². The first kappa shape index (κ1) is 17.5. The van der Waals surface area contributed by atoms with Crippen molar-refractivity contribution in [3.8, 4) is 0 Å². The number of carbonyl (C=O) groups excluding carboxylic acids is 2. The quantitative estimate of drug-likeness (QED) is 0.775. The summed E-state index contributed by atoms with van der Waals surface area (Å²) in [5, 5.41) is 2.23. The summed E-state index contributed by atoms with van der Waals surface area (Å²) in [6, 6.07) is 2.85. The summed E-state index contributed by atoms with van der Waals surface area (Å²) in [5.74, 6) is 0.875. The van der Waals surface area contributed by atoms with Crippen molar-refractivity contribution in [1.82, 2.24) is 9.88 Å². The Morgan fingerprint density at radius 3 is 2.70 bits per heavy atom. The van der Waals surface area contributed by atoms with Crippen molar-refractivity contribution in [2.24, 2.45) is 5.92 Å². The van der Waals surface area contributed by atoms with Gasteiger partial charge in [-0.1, -0.05) is 32.3 Å². The normalized spacial score (nSPS) is 15.9. The molecule has 0 aliphatic heterocycles. The van der Waals surface area contributed by atoms with Crippen LogP contribution in [0.4, 0.5) is 5.82 Å². The van der Waals surface area contributed by atoms with Crippen molar-refractivity contribution in [2.45, 2.75) is 38.1 Å². The molecule has 5 nitrogen and oxygen atoms in total. The number of carbonyl (C=O) groups is 2. The standard InChI is InChI=1S/C17H22ClN3O2/c1-3-21(2)14(10-12-6-4-5-7-12)17(23)20-15-9-8-13(11-19-15)16(18)22/h3,8-9,11-12,14H,1,4-7,10H2,2H3,(H,19,20,23)/t14-/m0/s1. The Hall–Kier alpha value is -1.88. The fourth-order valence-corrected chi connectivity index (χ4v) is 3.05. The first-order chi connectivity index (χ1) is 11.0. The van der Waals surface area contributed by atoms with Crippen LogP contribution in [0.2, 0.25) is 0 Å². The second-order valence-corrected chi connectivity index (χ2v) is 6.29. The number of nitrogens with one attached hydrogen (secondary N) is 1. The third-order valence-electron chi connectivity index (χ3n) is 4.36. The molecule has 2 rings (SSSR count). The second kappa shape index (κ2) is 8.11. The molecule has 1 atom stereocenters. The molecule has 1 saturated carbocycles. The highest BCUT2D eigenvalue weighted by molar-refractivity contribution is 6.67. The molecule has 0 spiro atoms. The number of hydrogen-bond acceptors (Lipinski definition) is 4. The minimum Gasteiger partial charge on any atom is -0.369 e. The zero-order valence-corrected chi connectivity index (χ0v) is 14.1. The molecule has 1 fully saturated rings. The Balaban J connectivity index is 2.03. The van der Waals surface area contributed by atoms with Crippen LogP contribution in [0, 0.1) is 5.92 Å². The predicted molar refractivity (Wildman–Crippen MR) is 91.4 cm³/mol. The van der Waals surface area contributed by atoms with Crippen molar-refractivity contribution in [1.29, 1.82) is 0 Å². The van der Waals surface area contributed by atoms with Crippen molar-refractivity contribution >= 4 is 28.6 Å². The van der Waals surface area contributed by atoms with E-state index in [0.29, 0.717) is 17.3 Å². The molecule has 0 radical (unpaired) electrons. The summed E-state index contributed by atoms with van der Waals surface area (Å²) in [4.78, 5) is 29.5. The molecular formula is C17H22ClN3O2. The van der Waals surface area contributed by atoms with Gasteiger partial charge in [-0.2, -0.15) is 0 Å². The van der Waals surface area contributed by atoms with E-state index in [1.165, 1.54) is 31.9 Å². The van der Waals surface area contributed by atoms with Gasteiger partial charge in [0.25, 0.3) is 5.24 Å². The van der Waals surface area contributed by atoms with E-state index in [2.05, 4.69) is 16.9 Å². The molecule has 1 amide bonds. The van der Waals surface area contributed by atoms with E-state index in [4.69, 9.17) is 11.6 Å². The predicted octanol–water partition coefficient (Wildman–Crippen LogP) is 3.42. The molecule has 0 unspecified atom stereocenters. The third kappa shape index (κ3) is 4.79. The maximum atomic E-state index is 12.6. The van der Waals surface area contributed by atoms with Crippen LogP contribution < -0.4 is 5.32 Å². The van der Waals surface area contributed by atoms with Gasteiger partial charge in [0.1, 0.15) is 11.9 Å².